The number of rotatable bonds is 7. The lowest BCUT2D eigenvalue weighted by atomic mass is 10.1. The van der Waals surface area contributed by atoms with E-state index in [1.54, 1.807) is 30.0 Å². The van der Waals surface area contributed by atoms with E-state index >= 15 is 0 Å². The Morgan fingerprint density at radius 2 is 1.53 bits per heavy atom. The van der Waals surface area contributed by atoms with Crippen molar-refractivity contribution < 1.29 is 8.42 Å². The molecule has 0 saturated heterocycles. The fraction of sp³-hybridized carbons (Fsp3) is 0.231. The highest BCUT2D eigenvalue weighted by Crippen LogP contribution is 2.33. The van der Waals surface area contributed by atoms with Gasteiger partial charge in [-0.3, -0.25) is 4.57 Å². The summed E-state index contributed by atoms with van der Waals surface area (Å²) in [6, 6.07) is 21.5. The van der Waals surface area contributed by atoms with Gasteiger partial charge in [-0.05, 0) is 49.6 Å². The first kappa shape index (κ1) is 24.2. The van der Waals surface area contributed by atoms with Gasteiger partial charge in [-0.15, -0.1) is 10.2 Å². The Morgan fingerprint density at radius 3 is 2.18 bits per heavy atom. The predicted octanol–water partition coefficient (Wildman–Crippen LogP) is 5.40. The molecule has 0 atom stereocenters. The predicted molar refractivity (Wildman–Crippen MR) is 138 cm³/mol. The van der Waals surface area contributed by atoms with Crippen LogP contribution in [0, 0.1) is 20.8 Å². The number of aryl methyl sites for hydroxylation is 3. The number of hydrogen-bond donors (Lipinski definition) is 0. The molecule has 0 aliphatic carbocycles. The molecule has 34 heavy (non-hydrogen) atoms. The molecule has 6 nitrogen and oxygen atoms in total. The van der Waals surface area contributed by atoms with Gasteiger partial charge in [-0.1, -0.05) is 71.9 Å². The highest BCUT2D eigenvalue weighted by atomic mass is 32.2. The molecule has 0 bridgehead atoms. The second-order valence-corrected chi connectivity index (χ2v) is 11.6. The molecule has 0 spiro atoms. The van der Waals surface area contributed by atoms with Crippen molar-refractivity contribution in [1.29, 1.82) is 0 Å². The van der Waals surface area contributed by atoms with Gasteiger partial charge < -0.3 is 0 Å². The molecule has 0 aliphatic heterocycles. The smallest absolute Gasteiger partial charge is 0.242 e. The summed E-state index contributed by atoms with van der Waals surface area (Å²) in [6.45, 7) is 6.20. The average Bonchev–Trinajstić information content (AvgIpc) is 3.22. The van der Waals surface area contributed by atoms with Crippen LogP contribution in [0.2, 0.25) is 0 Å². The summed E-state index contributed by atoms with van der Waals surface area (Å²) in [5.41, 5.74) is 6.32. The summed E-state index contributed by atoms with van der Waals surface area (Å²) in [5.74, 6) is 1.36. The maximum atomic E-state index is 12.7. The number of nitrogens with zero attached hydrogens (tertiary/aromatic N) is 4. The van der Waals surface area contributed by atoms with Crippen molar-refractivity contribution in [2.75, 3.05) is 14.1 Å². The first-order valence-electron chi connectivity index (χ1n) is 10.9. The number of benzene rings is 3. The maximum absolute atomic E-state index is 12.7. The van der Waals surface area contributed by atoms with Crippen molar-refractivity contribution in [3.8, 4) is 17.1 Å². The highest BCUT2D eigenvalue weighted by Gasteiger charge is 2.22. The maximum Gasteiger partial charge on any atom is 0.242 e. The zero-order valence-electron chi connectivity index (χ0n) is 20.0. The van der Waals surface area contributed by atoms with E-state index in [9.17, 15) is 8.42 Å². The molecular formula is C26H28N4O2S2. The lowest BCUT2D eigenvalue weighted by Crippen LogP contribution is -2.22. The third-order valence-corrected chi connectivity index (χ3v) is 8.47. The molecule has 0 unspecified atom stereocenters. The molecule has 0 aliphatic rings. The number of aromatic nitrogens is 3. The molecule has 1 aromatic heterocycles. The topological polar surface area (TPSA) is 68.1 Å². The molecule has 8 heteroatoms. The van der Waals surface area contributed by atoms with Crippen LogP contribution >= 0.6 is 11.8 Å². The Labute approximate surface area is 205 Å². The second-order valence-electron chi connectivity index (χ2n) is 8.47. The monoisotopic (exact) mass is 492 g/mol. The average molecular weight is 493 g/mol. The van der Waals surface area contributed by atoms with E-state index in [4.69, 9.17) is 0 Å². The van der Waals surface area contributed by atoms with Crippen molar-refractivity contribution in [2.45, 2.75) is 36.6 Å². The van der Waals surface area contributed by atoms with Crippen LogP contribution in [0.3, 0.4) is 0 Å². The molecule has 176 valence electrons. The summed E-state index contributed by atoms with van der Waals surface area (Å²) in [4.78, 5) is 0.222. The number of sulfonamides is 1. The van der Waals surface area contributed by atoms with Crippen LogP contribution in [0.1, 0.15) is 22.3 Å². The van der Waals surface area contributed by atoms with Gasteiger partial charge >= 0.3 is 0 Å². The minimum Gasteiger partial charge on any atom is -0.269 e. The van der Waals surface area contributed by atoms with Crippen LogP contribution in [-0.4, -0.2) is 41.6 Å². The van der Waals surface area contributed by atoms with Gasteiger partial charge in [0.2, 0.25) is 10.0 Å². The fourth-order valence-electron chi connectivity index (χ4n) is 3.75. The van der Waals surface area contributed by atoms with Gasteiger partial charge in [-0.25, -0.2) is 12.7 Å². The van der Waals surface area contributed by atoms with E-state index in [1.807, 2.05) is 16.7 Å². The molecule has 0 saturated carbocycles. The minimum atomic E-state index is -3.57. The summed E-state index contributed by atoms with van der Waals surface area (Å²) >= 11 is 1.61. The molecule has 4 rings (SSSR count). The van der Waals surface area contributed by atoms with Crippen molar-refractivity contribution in [2.24, 2.45) is 0 Å². The first-order chi connectivity index (χ1) is 16.2. The third kappa shape index (κ3) is 4.80. The minimum absolute atomic E-state index is 0.222. The fourth-order valence-corrected chi connectivity index (χ4v) is 5.59. The van der Waals surface area contributed by atoms with Crippen LogP contribution in [0.5, 0.6) is 0 Å². The number of hydrogen-bond acceptors (Lipinski definition) is 5. The van der Waals surface area contributed by atoms with Crippen LogP contribution in [-0.2, 0) is 15.8 Å². The zero-order chi connectivity index (χ0) is 24.5. The Kier molecular flexibility index (Phi) is 6.93. The van der Waals surface area contributed by atoms with Gasteiger partial charge in [0.1, 0.15) is 0 Å². The van der Waals surface area contributed by atoms with E-state index < -0.39 is 10.0 Å². The summed E-state index contributed by atoms with van der Waals surface area (Å²) < 4.78 is 28.8. The summed E-state index contributed by atoms with van der Waals surface area (Å²) in [6.07, 6.45) is 0. The Bertz CT molecular complexity index is 1410. The largest absolute Gasteiger partial charge is 0.269 e. The lowest BCUT2D eigenvalue weighted by Gasteiger charge is -2.16. The van der Waals surface area contributed by atoms with Crippen molar-refractivity contribution in [3.63, 3.8) is 0 Å². The Morgan fingerprint density at radius 1 is 0.882 bits per heavy atom. The normalized spacial score (nSPS) is 11.8. The SMILES string of the molecule is Cc1ccc(CSc2nnc(-c3cccc(S(=O)(=O)N(C)C)c3)n2-c2c(C)cccc2C)cc1. The highest BCUT2D eigenvalue weighted by molar-refractivity contribution is 7.98. The quantitative estimate of drug-likeness (QED) is 0.323. The van der Waals surface area contributed by atoms with Crippen LogP contribution < -0.4 is 0 Å². The summed E-state index contributed by atoms with van der Waals surface area (Å²) in [7, 11) is -0.516. The van der Waals surface area contributed by atoms with E-state index in [-0.39, 0.29) is 4.90 Å². The molecule has 3 aromatic carbocycles. The third-order valence-electron chi connectivity index (χ3n) is 5.66. The van der Waals surface area contributed by atoms with Gasteiger partial charge in [0.25, 0.3) is 0 Å². The van der Waals surface area contributed by atoms with Crippen LogP contribution in [0.4, 0.5) is 0 Å². The van der Waals surface area contributed by atoms with Crippen LogP contribution in [0.15, 0.2) is 76.8 Å². The molecule has 4 aromatic rings. The van der Waals surface area contributed by atoms with Gasteiger partial charge in [0, 0.05) is 25.4 Å². The summed E-state index contributed by atoms with van der Waals surface area (Å²) in [5, 5.41) is 9.81. The van der Waals surface area contributed by atoms with Crippen molar-refractivity contribution in [1.82, 2.24) is 19.1 Å². The molecule has 0 N–H and O–H groups in total. The van der Waals surface area contributed by atoms with Crippen LogP contribution in [0.25, 0.3) is 17.1 Å². The van der Waals surface area contributed by atoms with E-state index in [0.717, 1.165) is 27.7 Å². The van der Waals surface area contributed by atoms with Gasteiger partial charge in [0.05, 0.1) is 10.6 Å². The molecular weight excluding hydrogens is 464 g/mol. The zero-order valence-corrected chi connectivity index (χ0v) is 21.6. The van der Waals surface area contributed by atoms with E-state index in [0.29, 0.717) is 11.4 Å². The Balaban J connectivity index is 1.83. The van der Waals surface area contributed by atoms with Crippen molar-refractivity contribution in [3.05, 3.63) is 89.0 Å². The second kappa shape index (κ2) is 9.74. The van der Waals surface area contributed by atoms with Gasteiger partial charge in [-0.2, -0.15) is 0 Å². The first-order valence-corrected chi connectivity index (χ1v) is 13.3. The molecule has 0 fully saturated rings. The molecule has 0 amide bonds. The molecule has 0 radical (unpaired) electrons. The molecule has 1 heterocycles. The van der Waals surface area contributed by atoms with Gasteiger partial charge in [0.15, 0.2) is 11.0 Å². The van der Waals surface area contributed by atoms with E-state index in [1.165, 1.54) is 29.5 Å². The Hall–Kier alpha value is -2.94. The standard InChI is InChI=1S/C26H28N4O2S2/c1-18-12-14-21(15-13-18)17-33-26-28-27-25(30(26)24-19(2)8-6-9-20(24)3)22-10-7-11-23(16-22)34(31,32)29(4)5/h6-16H,17H2,1-5H3. The lowest BCUT2D eigenvalue weighted by molar-refractivity contribution is 0.521. The van der Waals surface area contributed by atoms with E-state index in [2.05, 4.69) is 67.4 Å². The number of thioether (sulfide) groups is 1. The van der Waals surface area contributed by atoms with Crippen molar-refractivity contribution >= 4 is 21.8 Å². The number of para-hydroxylation sites is 1.